The van der Waals surface area contributed by atoms with Crippen LogP contribution in [0.4, 0.5) is 0 Å². The summed E-state index contributed by atoms with van der Waals surface area (Å²) in [5.41, 5.74) is 8.91. The third kappa shape index (κ3) is 1.86. The maximum absolute atomic E-state index is 5.84. The van der Waals surface area contributed by atoms with Crippen LogP contribution in [0.3, 0.4) is 0 Å². The van der Waals surface area contributed by atoms with Crippen molar-refractivity contribution in [3.8, 4) is 0 Å². The Morgan fingerprint density at radius 2 is 1.80 bits per heavy atom. The Hall–Kier alpha value is -0.830. The third-order valence-corrected chi connectivity index (χ3v) is 6.06. The Bertz CT molecular complexity index is 467. The topological polar surface area (TPSA) is 43.8 Å². The molecule has 0 atom stereocenters. The van der Waals surface area contributed by atoms with Crippen molar-refractivity contribution < 1.29 is 0 Å². The minimum Gasteiger partial charge on any atom is -0.325 e. The summed E-state index contributed by atoms with van der Waals surface area (Å²) in [6.45, 7) is 3.88. The van der Waals surface area contributed by atoms with E-state index in [0.29, 0.717) is 12.0 Å². The lowest BCUT2D eigenvalue weighted by molar-refractivity contribution is -0.00934. The largest absolute Gasteiger partial charge is 0.325 e. The molecule has 4 bridgehead atoms. The van der Waals surface area contributed by atoms with Gasteiger partial charge in [0.1, 0.15) is 0 Å². The van der Waals surface area contributed by atoms with E-state index in [1.54, 1.807) is 0 Å². The molecule has 4 aliphatic carbocycles. The summed E-state index contributed by atoms with van der Waals surface area (Å²) in [6.07, 6.45) is 9.92. The van der Waals surface area contributed by atoms with Gasteiger partial charge in [-0.15, -0.1) is 0 Å². The maximum Gasteiger partial charge on any atom is 0.0763 e. The summed E-state index contributed by atoms with van der Waals surface area (Å²) in [7, 11) is 0. The lowest BCUT2D eigenvalue weighted by atomic mass is 9.49. The molecule has 1 heterocycles. The summed E-state index contributed by atoms with van der Waals surface area (Å²) in [5.74, 6) is 2.98. The van der Waals surface area contributed by atoms with Gasteiger partial charge < -0.3 is 5.73 Å². The summed E-state index contributed by atoms with van der Waals surface area (Å²) < 4.78 is 2.30. The van der Waals surface area contributed by atoms with Crippen LogP contribution in [0.25, 0.3) is 0 Å². The minimum absolute atomic E-state index is 0.449. The van der Waals surface area contributed by atoms with Gasteiger partial charge in [-0.05, 0) is 68.8 Å². The number of aromatic nitrogens is 2. The Labute approximate surface area is 121 Å². The Kier molecular flexibility index (Phi) is 2.95. The first-order chi connectivity index (χ1) is 9.72. The second-order valence-electron chi connectivity index (χ2n) is 7.65. The monoisotopic (exact) mass is 273 g/mol. The van der Waals surface area contributed by atoms with Gasteiger partial charge in [0, 0.05) is 24.2 Å². The second kappa shape index (κ2) is 4.59. The normalized spacial score (nSPS) is 38.6. The highest BCUT2D eigenvalue weighted by Crippen LogP contribution is 2.60. The highest BCUT2D eigenvalue weighted by atomic mass is 15.3. The minimum atomic E-state index is 0.449. The molecule has 4 aliphatic rings. The van der Waals surface area contributed by atoms with Crippen molar-refractivity contribution in [1.29, 1.82) is 0 Å². The van der Waals surface area contributed by atoms with Gasteiger partial charge in [0.2, 0.25) is 0 Å². The number of nitrogens with zero attached hydrogens (tertiary/aromatic N) is 2. The van der Waals surface area contributed by atoms with Crippen LogP contribution in [0, 0.1) is 17.8 Å². The Morgan fingerprint density at radius 3 is 2.30 bits per heavy atom. The molecule has 3 heteroatoms. The van der Waals surface area contributed by atoms with Gasteiger partial charge >= 0.3 is 0 Å². The van der Waals surface area contributed by atoms with Gasteiger partial charge in [-0.25, -0.2) is 0 Å². The molecular formula is C17H27N3. The lowest BCUT2D eigenvalue weighted by Crippen LogP contribution is -2.49. The van der Waals surface area contributed by atoms with Crippen LogP contribution in [0.5, 0.6) is 0 Å². The summed E-state index contributed by atoms with van der Waals surface area (Å²) in [5, 5.41) is 4.77. The molecule has 0 saturated heterocycles. The van der Waals surface area contributed by atoms with E-state index in [2.05, 4.69) is 17.7 Å². The van der Waals surface area contributed by atoms with Crippen molar-refractivity contribution in [3.05, 3.63) is 17.5 Å². The molecule has 0 aromatic carbocycles. The van der Waals surface area contributed by atoms with E-state index in [4.69, 9.17) is 10.8 Å². The molecule has 0 amide bonds. The van der Waals surface area contributed by atoms with Gasteiger partial charge in [-0.2, -0.15) is 5.10 Å². The molecule has 5 rings (SSSR count). The third-order valence-electron chi connectivity index (χ3n) is 6.06. The smallest absolute Gasteiger partial charge is 0.0763 e. The standard InChI is InChI=1S/C17H27N3/c1-2-3-20-16(7-15(11-18)19-20)17-8-12-4-13(9-17)6-14(5-12)10-17/h7,12-14H,2-6,8-11,18H2,1H3. The van der Waals surface area contributed by atoms with Gasteiger partial charge in [0.15, 0.2) is 0 Å². The predicted octanol–water partition coefficient (Wildman–Crippen LogP) is 3.22. The first-order valence-electron chi connectivity index (χ1n) is 8.49. The van der Waals surface area contributed by atoms with Gasteiger partial charge in [0.05, 0.1) is 5.69 Å². The zero-order chi connectivity index (χ0) is 13.7. The fourth-order valence-electron chi connectivity index (χ4n) is 5.80. The van der Waals surface area contributed by atoms with Crippen LogP contribution in [-0.4, -0.2) is 9.78 Å². The van der Waals surface area contributed by atoms with Crippen LogP contribution >= 0.6 is 0 Å². The molecule has 0 spiro atoms. The Balaban J connectivity index is 1.74. The molecule has 1 aromatic rings. The molecule has 2 N–H and O–H groups in total. The lowest BCUT2D eigenvalue weighted by Gasteiger charge is -2.56. The van der Waals surface area contributed by atoms with E-state index in [1.807, 2.05) is 0 Å². The van der Waals surface area contributed by atoms with Crippen molar-refractivity contribution in [2.24, 2.45) is 23.5 Å². The average Bonchev–Trinajstić information content (AvgIpc) is 2.81. The van der Waals surface area contributed by atoms with E-state index < -0.39 is 0 Å². The number of hydrogen-bond donors (Lipinski definition) is 1. The summed E-state index contributed by atoms with van der Waals surface area (Å²) in [4.78, 5) is 0. The molecule has 3 nitrogen and oxygen atoms in total. The molecular weight excluding hydrogens is 246 g/mol. The first-order valence-corrected chi connectivity index (χ1v) is 8.49. The van der Waals surface area contributed by atoms with Gasteiger partial charge in [0.25, 0.3) is 0 Å². The van der Waals surface area contributed by atoms with Crippen LogP contribution in [0.2, 0.25) is 0 Å². The zero-order valence-electron chi connectivity index (χ0n) is 12.6. The molecule has 0 unspecified atom stereocenters. The van der Waals surface area contributed by atoms with E-state index in [1.165, 1.54) is 44.2 Å². The van der Waals surface area contributed by atoms with Crippen molar-refractivity contribution in [3.63, 3.8) is 0 Å². The van der Waals surface area contributed by atoms with Crippen LogP contribution in [0.1, 0.15) is 63.3 Å². The van der Waals surface area contributed by atoms with Gasteiger partial charge in [-0.3, -0.25) is 4.68 Å². The second-order valence-corrected chi connectivity index (χ2v) is 7.65. The van der Waals surface area contributed by atoms with Crippen LogP contribution in [0.15, 0.2) is 6.07 Å². The molecule has 20 heavy (non-hydrogen) atoms. The molecule has 1 aromatic heterocycles. The van der Waals surface area contributed by atoms with Crippen LogP contribution in [-0.2, 0) is 18.5 Å². The van der Waals surface area contributed by atoms with Gasteiger partial charge in [-0.1, -0.05) is 6.92 Å². The van der Waals surface area contributed by atoms with Crippen molar-refractivity contribution in [2.45, 2.75) is 70.4 Å². The molecule has 4 saturated carbocycles. The van der Waals surface area contributed by atoms with Crippen molar-refractivity contribution in [2.75, 3.05) is 0 Å². The fourth-order valence-corrected chi connectivity index (χ4v) is 5.80. The highest BCUT2D eigenvalue weighted by Gasteiger charge is 2.52. The number of aryl methyl sites for hydroxylation is 1. The van der Waals surface area contributed by atoms with Crippen molar-refractivity contribution in [1.82, 2.24) is 9.78 Å². The van der Waals surface area contributed by atoms with E-state index in [-0.39, 0.29) is 0 Å². The van der Waals surface area contributed by atoms with E-state index >= 15 is 0 Å². The maximum atomic E-state index is 5.84. The zero-order valence-corrected chi connectivity index (χ0v) is 12.6. The SMILES string of the molecule is CCCn1nc(CN)cc1C12CC3CC(CC(C3)C1)C2. The quantitative estimate of drug-likeness (QED) is 0.915. The first kappa shape index (κ1) is 12.9. The average molecular weight is 273 g/mol. The van der Waals surface area contributed by atoms with E-state index in [0.717, 1.165) is 36.4 Å². The van der Waals surface area contributed by atoms with Crippen molar-refractivity contribution >= 4 is 0 Å². The molecule has 0 radical (unpaired) electrons. The number of nitrogens with two attached hydrogens (primary N) is 1. The predicted molar refractivity (Wildman–Crippen MR) is 80.3 cm³/mol. The molecule has 4 fully saturated rings. The number of hydrogen-bond acceptors (Lipinski definition) is 2. The Morgan fingerprint density at radius 1 is 1.20 bits per heavy atom. The van der Waals surface area contributed by atoms with E-state index in [9.17, 15) is 0 Å². The summed E-state index contributed by atoms with van der Waals surface area (Å²) >= 11 is 0. The highest BCUT2D eigenvalue weighted by molar-refractivity contribution is 5.25. The van der Waals surface area contributed by atoms with Crippen LogP contribution < -0.4 is 5.73 Å². The summed E-state index contributed by atoms with van der Waals surface area (Å²) in [6, 6.07) is 2.34. The number of rotatable bonds is 4. The fraction of sp³-hybridized carbons (Fsp3) is 0.824. The molecule has 0 aliphatic heterocycles. The molecule has 110 valence electrons.